The van der Waals surface area contributed by atoms with Crippen LogP contribution >= 0.6 is 11.6 Å². The Morgan fingerprint density at radius 2 is 1.56 bits per heavy atom. The van der Waals surface area contributed by atoms with Crippen LogP contribution in [-0.4, -0.2) is 62.3 Å². The van der Waals surface area contributed by atoms with Gasteiger partial charge in [-0.3, -0.25) is 0 Å². The van der Waals surface area contributed by atoms with Crippen LogP contribution < -0.4 is 28.4 Å². The second-order valence-electron chi connectivity index (χ2n) is 11.1. The number of rotatable bonds is 15. The third-order valence-corrected chi connectivity index (χ3v) is 8.53. The molecule has 0 saturated carbocycles. The third-order valence-electron chi connectivity index (χ3n) is 7.85. The summed E-state index contributed by atoms with van der Waals surface area (Å²) in [7, 11) is -5.21. The minimum absolute atomic E-state index is 0.0247. The normalized spacial score (nSPS) is 12.9. The third kappa shape index (κ3) is 8.67. The summed E-state index contributed by atoms with van der Waals surface area (Å²) in [5.41, 5.74) is 3.46. The summed E-state index contributed by atoms with van der Waals surface area (Å²) in [6.45, 7) is 1.48. The number of aliphatic hydroxyl groups excluding tert-OH is 3. The van der Waals surface area contributed by atoms with E-state index in [0.717, 1.165) is 22.3 Å². The van der Waals surface area contributed by atoms with E-state index in [2.05, 4.69) is 9.50 Å². The summed E-state index contributed by atoms with van der Waals surface area (Å²) in [5, 5.41) is 32.5. The van der Waals surface area contributed by atoms with Crippen LogP contribution in [0.5, 0.6) is 28.7 Å². The van der Waals surface area contributed by atoms with Crippen LogP contribution in [0.1, 0.15) is 22.3 Å². The van der Waals surface area contributed by atoms with Crippen molar-refractivity contribution in [2.45, 2.75) is 32.2 Å². The number of ether oxygens (including phenoxy) is 4. The van der Waals surface area contributed by atoms with E-state index in [9.17, 15) is 27.6 Å². The highest BCUT2D eigenvalue weighted by atomic mass is 35.5. The van der Waals surface area contributed by atoms with Gasteiger partial charge in [0.2, 0.25) is 0 Å². The van der Waals surface area contributed by atoms with Crippen LogP contribution in [0.3, 0.4) is 0 Å². The number of aliphatic hydroxyl groups is 3. The molecule has 0 fully saturated rings. The maximum Gasteiger partial charge on any atom is 0.488 e. The fraction of sp³-hybridized carbons (Fsp3) is 0.294. The van der Waals surface area contributed by atoms with E-state index in [-0.39, 0.29) is 30.5 Å². The minimum atomic E-state index is -5.21. The van der Waals surface area contributed by atoms with Gasteiger partial charge < -0.3 is 43.8 Å². The molecule has 4 N–H and O–H groups in total. The number of hydrogen-bond donors (Lipinski definition) is 4. The Labute approximate surface area is 282 Å². The lowest BCUT2D eigenvalue weighted by Crippen LogP contribution is -2.54. The zero-order valence-electron chi connectivity index (χ0n) is 25.9. The second-order valence-corrected chi connectivity index (χ2v) is 12.5. The van der Waals surface area contributed by atoms with Gasteiger partial charge in [-0.15, -0.1) is 0 Å². The van der Waals surface area contributed by atoms with Gasteiger partial charge in [0, 0.05) is 18.2 Å². The second kappa shape index (κ2) is 15.4. The lowest BCUT2D eigenvalue weighted by molar-refractivity contribution is 0.0412. The van der Waals surface area contributed by atoms with E-state index in [1.54, 1.807) is 18.2 Å². The monoisotopic (exact) mass is 702 g/mol. The quantitative estimate of drug-likeness (QED) is 0.128. The number of fused-ring (bicyclic) bond motifs is 1. The summed E-state index contributed by atoms with van der Waals surface area (Å²) in [6.07, 6.45) is 0. The summed E-state index contributed by atoms with van der Waals surface area (Å²) < 4.78 is 63.0. The van der Waals surface area contributed by atoms with Crippen LogP contribution in [0.4, 0.5) is 3.89 Å². The zero-order valence-corrected chi connectivity index (χ0v) is 27.5. The Balaban J connectivity index is 1.39. The van der Waals surface area contributed by atoms with E-state index >= 15 is 0 Å². The summed E-state index contributed by atoms with van der Waals surface area (Å²) in [4.78, 5) is 0. The van der Waals surface area contributed by atoms with Crippen molar-refractivity contribution in [2.75, 3.05) is 33.0 Å². The van der Waals surface area contributed by atoms with Gasteiger partial charge in [-0.25, -0.2) is 0 Å². The molecule has 5 rings (SSSR count). The maximum atomic E-state index is 13.1. The number of nitrogens with one attached hydrogen (secondary N) is 1. The van der Waals surface area contributed by atoms with Gasteiger partial charge in [0.25, 0.3) is 0 Å². The van der Waals surface area contributed by atoms with Crippen molar-refractivity contribution in [1.82, 2.24) is 5.32 Å². The Morgan fingerprint density at radius 1 is 0.854 bits per heavy atom. The topological polar surface area (TPSA) is 153 Å². The molecule has 11 nitrogen and oxygen atoms in total. The first-order chi connectivity index (χ1) is 23.0. The largest absolute Gasteiger partial charge is 0.488 e. The summed E-state index contributed by atoms with van der Waals surface area (Å²) in [5.74, 6) is 1.77. The van der Waals surface area contributed by atoms with Crippen molar-refractivity contribution in [1.29, 1.82) is 0 Å². The van der Waals surface area contributed by atoms with Crippen LogP contribution in [0.25, 0.3) is 11.1 Å². The molecule has 0 bridgehead atoms. The molecule has 1 aliphatic heterocycles. The van der Waals surface area contributed by atoms with Crippen LogP contribution in [0, 0.1) is 6.92 Å². The van der Waals surface area contributed by atoms with Crippen LogP contribution in [0.2, 0.25) is 5.02 Å². The van der Waals surface area contributed by atoms with E-state index in [4.69, 9.17) is 30.5 Å². The SMILES string of the molecule is Cc1c(COc2cc(OCc3cccc(OS(=O)(=O)[18F])c3)c(CNC(CO)(CO)CO)cc2Cl)cccc1-c1ccc2c(c1)OCCO2. The molecule has 0 radical (unpaired) electrons. The van der Waals surface area contributed by atoms with Gasteiger partial charge >= 0.3 is 10.5 Å². The fourth-order valence-electron chi connectivity index (χ4n) is 5.04. The molecule has 0 amide bonds. The zero-order chi connectivity index (χ0) is 34.3. The van der Waals surface area contributed by atoms with E-state index in [1.165, 1.54) is 18.2 Å². The number of halogens is 2. The van der Waals surface area contributed by atoms with Gasteiger partial charge in [-0.1, -0.05) is 51.9 Å². The van der Waals surface area contributed by atoms with Crippen molar-refractivity contribution in [3.63, 3.8) is 0 Å². The molecule has 0 saturated heterocycles. The molecule has 0 atom stereocenters. The highest BCUT2D eigenvalue weighted by Crippen LogP contribution is 2.37. The Bertz CT molecular complexity index is 1840. The van der Waals surface area contributed by atoms with E-state index in [1.807, 2.05) is 43.3 Å². The van der Waals surface area contributed by atoms with Gasteiger partial charge in [0.15, 0.2) is 11.5 Å². The van der Waals surface area contributed by atoms with E-state index < -0.39 is 35.9 Å². The smallest absolute Gasteiger partial charge is 0.488 e. The van der Waals surface area contributed by atoms with Crippen molar-refractivity contribution >= 4 is 22.1 Å². The predicted molar refractivity (Wildman–Crippen MR) is 176 cm³/mol. The molecule has 14 heteroatoms. The number of benzene rings is 4. The minimum Gasteiger partial charge on any atom is -0.488 e. The first-order valence-electron chi connectivity index (χ1n) is 14.9. The molecule has 4 aromatic rings. The average Bonchev–Trinajstić information content (AvgIpc) is 3.08. The Hall–Kier alpha value is -4.11. The molecular weight excluding hydrogens is 668 g/mol. The molecule has 256 valence electrons. The van der Waals surface area contributed by atoms with Gasteiger partial charge in [0.05, 0.1) is 30.4 Å². The van der Waals surface area contributed by atoms with Gasteiger partial charge in [0.1, 0.15) is 43.7 Å². The standard InChI is InChI=1S/C34H35ClFNO10S/c1-22-25(5-3-7-28(22)24-8-9-30-33(14-24)44-11-10-43-30)18-46-32-15-31(26(13-29(32)35)16-37-34(19-38,20-39)21-40)45-17-23-4-2-6-27(12-23)47-48(36,41)42/h2-9,12-15,37-40H,10-11,16-21H2,1H3/i36-1. The van der Waals surface area contributed by atoms with E-state index in [0.29, 0.717) is 47.3 Å². The molecule has 0 aromatic heterocycles. The van der Waals surface area contributed by atoms with Crippen molar-refractivity contribution in [3.05, 3.63) is 100 Å². The predicted octanol–water partition coefficient (Wildman–Crippen LogP) is 4.64. The Kier molecular flexibility index (Phi) is 11.3. The highest BCUT2D eigenvalue weighted by molar-refractivity contribution is 7.81. The van der Waals surface area contributed by atoms with Crippen LogP contribution in [0.15, 0.2) is 72.8 Å². The van der Waals surface area contributed by atoms with Gasteiger partial charge in [-0.05, 0) is 65.1 Å². The summed E-state index contributed by atoms with van der Waals surface area (Å²) >= 11 is 6.66. The molecule has 48 heavy (non-hydrogen) atoms. The molecule has 1 heterocycles. The lowest BCUT2D eigenvalue weighted by atomic mass is 9.96. The van der Waals surface area contributed by atoms with Gasteiger partial charge in [-0.2, -0.15) is 8.42 Å². The fourth-order valence-corrected chi connectivity index (χ4v) is 5.62. The van der Waals surface area contributed by atoms with Crippen molar-refractivity contribution in [3.8, 4) is 39.9 Å². The number of hydrogen-bond acceptors (Lipinski definition) is 11. The molecule has 1 aliphatic rings. The maximum absolute atomic E-state index is 13.1. The first kappa shape index (κ1) is 35.2. The Morgan fingerprint density at radius 3 is 2.29 bits per heavy atom. The summed E-state index contributed by atoms with van der Waals surface area (Å²) in [6, 6.07) is 20.6. The van der Waals surface area contributed by atoms with Crippen molar-refractivity contribution in [2.24, 2.45) is 0 Å². The molecular formula is C34H35ClFNO10S. The average molecular weight is 703 g/mol. The molecule has 0 unspecified atom stereocenters. The van der Waals surface area contributed by atoms with Crippen LogP contribution in [-0.2, 0) is 30.3 Å². The molecule has 4 aromatic carbocycles. The first-order valence-corrected chi connectivity index (χ1v) is 16.6. The molecule has 0 spiro atoms. The molecule has 0 aliphatic carbocycles. The van der Waals surface area contributed by atoms with Crippen molar-refractivity contribution < 1.29 is 50.8 Å². The highest BCUT2D eigenvalue weighted by Gasteiger charge is 2.28. The lowest BCUT2D eigenvalue weighted by Gasteiger charge is -2.29.